The summed E-state index contributed by atoms with van der Waals surface area (Å²) < 4.78 is 39.2. The number of nitrogens with zero attached hydrogens (tertiary/aromatic N) is 1. The molecule has 30 heavy (non-hydrogen) atoms. The molecule has 1 atom stereocenters. The normalized spacial score (nSPS) is 12.6. The minimum atomic E-state index is -4.53. The van der Waals surface area contributed by atoms with Crippen LogP contribution in [0.4, 0.5) is 18.9 Å². The van der Waals surface area contributed by atoms with Crippen LogP contribution in [0.25, 0.3) is 0 Å². The molecule has 0 fully saturated rings. The Hall–Kier alpha value is -2.83. The lowest BCUT2D eigenvalue weighted by Gasteiger charge is -2.28. The summed E-state index contributed by atoms with van der Waals surface area (Å²) in [6.07, 6.45) is -4.53. The molecule has 7 heteroatoms. The molecule has 0 spiro atoms. The molecule has 3 rings (SSSR count). The van der Waals surface area contributed by atoms with Crippen LogP contribution < -0.4 is 5.32 Å². The van der Waals surface area contributed by atoms with Crippen molar-refractivity contribution in [3.63, 3.8) is 0 Å². The number of hydrogen-bond acceptors (Lipinski definition) is 2. The molecule has 1 amide bonds. The third-order valence-electron chi connectivity index (χ3n) is 4.63. The number of hydrogen-bond donors (Lipinski definition) is 1. The average Bonchev–Trinajstić information content (AvgIpc) is 2.70. The predicted octanol–water partition coefficient (Wildman–Crippen LogP) is 6.17. The minimum absolute atomic E-state index is 0.0360. The molecule has 1 N–H and O–H groups in total. The summed E-state index contributed by atoms with van der Waals surface area (Å²) in [6.45, 7) is 0.476. The van der Waals surface area contributed by atoms with E-state index in [0.717, 1.165) is 29.3 Å². The zero-order valence-electron chi connectivity index (χ0n) is 16.2. The Bertz CT molecular complexity index is 994. The first-order valence-corrected chi connectivity index (χ1v) is 9.60. The van der Waals surface area contributed by atoms with Crippen molar-refractivity contribution in [3.05, 3.63) is 101 Å². The lowest BCUT2D eigenvalue weighted by molar-refractivity contribution is -0.137. The highest BCUT2D eigenvalue weighted by Crippen LogP contribution is 2.34. The highest BCUT2D eigenvalue weighted by Gasteiger charge is 2.32. The molecule has 0 heterocycles. The van der Waals surface area contributed by atoms with Crippen molar-refractivity contribution in [3.8, 4) is 0 Å². The molecule has 1 unspecified atom stereocenters. The Balaban J connectivity index is 1.90. The van der Waals surface area contributed by atoms with Gasteiger partial charge in [0, 0.05) is 6.54 Å². The Morgan fingerprint density at radius 2 is 1.60 bits per heavy atom. The average molecular weight is 433 g/mol. The van der Waals surface area contributed by atoms with E-state index in [1.165, 1.54) is 0 Å². The third kappa shape index (κ3) is 5.40. The molecule has 0 aliphatic rings. The fourth-order valence-electron chi connectivity index (χ4n) is 3.20. The summed E-state index contributed by atoms with van der Waals surface area (Å²) in [5.74, 6) is -0.471. The van der Waals surface area contributed by atoms with Crippen LogP contribution in [0, 0.1) is 0 Å². The van der Waals surface area contributed by atoms with Crippen LogP contribution in [0.15, 0.2) is 78.9 Å². The van der Waals surface area contributed by atoms with E-state index in [0.29, 0.717) is 6.54 Å². The van der Waals surface area contributed by atoms with E-state index in [2.05, 4.69) is 5.32 Å². The van der Waals surface area contributed by atoms with Gasteiger partial charge in [0.05, 0.1) is 16.3 Å². The van der Waals surface area contributed by atoms with Gasteiger partial charge in [0.1, 0.15) is 6.04 Å². The minimum Gasteiger partial charge on any atom is -0.323 e. The molecular formula is C23H20ClF3N2O. The quantitative estimate of drug-likeness (QED) is 0.505. The molecule has 156 valence electrons. The maximum Gasteiger partial charge on any atom is 0.416 e. The number of amides is 1. The number of carbonyl (C=O) groups excluding carboxylic acids is 1. The molecule has 0 aromatic heterocycles. The molecule has 3 nitrogen and oxygen atoms in total. The molecule has 0 aliphatic heterocycles. The molecule has 0 radical (unpaired) electrons. The fraction of sp³-hybridized carbons (Fsp3) is 0.174. The monoisotopic (exact) mass is 432 g/mol. The Morgan fingerprint density at radius 1 is 1.00 bits per heavy atom. The number of anilines is 1. The SMILES string of the molecule is CN(Cc1ccccc1)C(C(=O)Nc1cc(C(F)(F)F)ccc1Cl)c1ccccc1. The number of halogens is 4. The summed E-state index contributed by atoms with van der Waals surface area (Å²) in [4.78, 5) is 15.0. The number of carbonyl (C=O) groups is 1. The highest BCUT2D eigenvalue weighted by molar-refractivity contribution is 6.33. The standard InChI is InChI=1S/C23H20ClF3N2O/c1-29(15-16-8-4-2-5-9-16)21(17-10-6-3-7-11-17)22(30)28-20-14-18(23(25,26)27)12-13-19(20)24/h2-14,21H,15H2,1H3,(H,28,30). The van der Waals surface area contributed by atoms with Crippen LogP contribution in [0.1, 0.15) is 22.7 Å². The van der Waals surface area contributed by atoms with Crippen LogP contribution in [-0.2, 0) is 17.5 Å². The predicted molar refractivity (Wildman–Crippen MR) is 112 cm³/mol. The number of benzene rings is 3. The van der Waals surface area contributed by atoms with E-state index in [4.69, 9.17) is 11.6 Å². The van der Waals surface area contributed by atoms with E-state index in [1.807, 2.05) is 53.4 Å². The van der Waals surface area contributed by atoms with Crippen LogP contribution in [-0.4, -0.2) is 17.9 Å². The van der Waals surface area contributed by atoms with Gasteiger partial charge in [-0.2, -0.15) is 13.2 Å². The van der Waals surface area contributed by atoms with Gasteiger partial charge in [-0.1, -0.05) is 72.3 Å². The largest absolute Gasteiger partial charge is 0.416 e. The van der Waals surface area contributed by atoms with Crippen molar-refractivity contribution < 1.29 is 18.0 Å². The highest BCUT2D eigenvalue weighted by atomic mass is 35.5. The molecule has 0 aliphatic carbocycles. The molecule has 3 aromatic rings. The molecular weight excluding hydrogens is 413 g/mol. The molecule has 3 aromatic carbocycles. The van der Waals surface area contributed by atoms with E-state index in [-0.39, 0.29) is 10.7 Å². The zero-order chi connectivity index (χ0) is 21.7. The fourth-order valence-corrected chi connectivity index (χ4v) is 3.37. The van der Waals surface area contributed by atoms with Crippen molar-refractivity contribution in [2.24, 2.45) is 0 Å². The first kappa shape index (κ1) is 21.9. The van der Waals surface area contributed by atoms with E-state index >= 15 is 0 Å². The van der Waals surface area contributed by atoms with Gasteiger partial charge in [-0.15, -0.1) is 0 Å². The van der Waals surface area contributed by atoms with Crippen LogP contribution in [0.3, 0.4) is 0 Å². The van der Waals surface area contributed by atoms with Crippen LogP contribution in [0.2, 0.25) is 5.02 Å². The van der Waals surface area contributed by atoms with Crippen molar-refractivity contribution >= 4 is 23.2 Å². The van der Waals surface area contributed by atoms with Crippen molar-refractivity contribution in [1.82, 2.24) is 4.90 Å². The van der Waals surface area contributed by atoms with Crippen molar-refractivity contribution in [2.45, 2.75) is 18.8 Å². The Morgan fingerprint density at radius 3 is 2.20 bits per heavy atom. The summed E-state index contributed by atoms with van der Waals surface area (Å²) in [5.41, 5.74) is 0.768. The maximum absolute atomic E-state index is 13.2. The number of alkyl halides is 3. The van der Waals surface area contributed by atoms with Crippen LogP contribution >= 0.6 is 11.6 Å². The summed E-state index contributed by atoms with van der Waals surface area (Å²) >= 11 is 6.05. The topological polar surface area (TPSA) is 32.3 Å². The second-order valence-corrected chi connectivity index (χ2v) is 7.30. The van der Waals surface area contributed by atoms with Gasteiger partial charge < -0.3 is 5.32 Å². The van der Waals surface area contributed by atoms with Gasteiger partial charge in [-0.3, -0.25) is 9.69 Å². The summed E-state index contributed by atoms with van der Waals surface area (Å²) in [5, 5.41) is 2.61. The smallest absolute Gasteiger partial charge is 0.323 e. The zero-order valence-corrected chi connectivity index (χ0v) is 16.9. The lowest BCUT2D eigenvalue weighted by Crippen LogP contribution is -2.34. The van der Waals surface area contributed by atoms with E-state index in [1.54, 1.807) is 19.2 Å². The Labute approximate surface area is 178 Å². The molecule has 0 saturated heterocycles. The van der Waals surface area contributed by atoms with Crippen molar-refractivity contribution in [2.75, 3.05) is 12.4 Å². The van der Waals surface area contributed by atoms with Crippen molar-refractivity contribution in [1.29, 1.82) is 0 Å². The van der Waals surface area contributed by atoms with Gasteiger partial charge in [-0.25, -0.2) is 0 Å². The van der Waals surface area contributed by atoms with Gasteiger partial charge in [0.2, 0.25) is 5.91 Å². The van der Waals surface area contributed by atoms with Gasteiger partial charge in [0.15, 0.2) is 0 Å². The third-order valence-corrected chi connectivity index (χ3v) is 4.96. The first-order valence-electron chi connectivity index (χ1n) is 9.22. The van der Waals surface area contributed by atoms with E-state index < -0.39 is 23.7 Å². The number of nitrogens with one attached hydrogen (secondary N) is 1. The number of rotatable bonds is 6. The van der Waals surface area contributed by atoms with Crippen LogP contribution in [0.5, 0.6) is 0 Å². The maximum atomic E-state index is 13.2. The van der Waals surface area contributed by atoms with Gasteiger partial charge in [-0.05, 0) is 36.4 Å². The second-order valence-electron chi connectivity index (χ2n) is 6.90. The lowest BCUT2D eigenvalue weighted by atomic mass is 10.0. The van der Waals surface area contributed by atoms with Gasteiger partial charge >= 0.3 is 6.18 Å². The first-order chi connectivity index (χ1) is 14.3. The van der Waals surface area contributed by atoms with E-state index in [9.17, 15) is 18.0 Å². The molecule has 0 saturated carbocycles. The molecule has 0 bridgehead atoms. The number of likely N-dealkylation sites (N-methyl/N-ethyl adjacent to an activating group) is 1. The second kappa shape index (κ2) is 9.32. The Kier molecular flexibility index (Phi) is 6.80. The summed E-state index contributed by atoms with van der Waals surface area (Å²) in [7, 11) is 1.79. The summed E-state index contributed by atoms with van der Waals surface area (Å²) in [6, 6.07) is 20.8. The van der Waals surface area contributed by atoms with Gasteiger partial charge in [0.25, 0.3) is 0 Å².